The number of halogens is 2. The van der Waals surface area contributed by atoms with Gasteiger partial charge in [0.25, 0.3) is 0 Å². The standard InChI is InChI=1S/C24H28Cl2N4OS/c1-2-3-4-5-9-12-23(31)27-16-22-28-29-24(32-17-18-10-7-6-8-11-18)30(22)21-15-19(25)13-14-20(21)26/h6-8,10-11,13-15H,2-5,9,12,16-17H2,1H3,(H,27,31). The van der Waals surface area contributed by atoms with E-state index in [0.717, 1.165) is 18.6 Å². The maximum atomic E-state index is 12.3. The smallest absolute Gasteiger partial charge is 0.220 e. The molecule has 1 amide bonds. The van der Waals surface area contributed by atoms with Crippen molar-refractivity contribution in [1.82, 2.24) is 20.1 Å². The van der Waals surface area contributed by atoms with Crippen molar-refractivity contribution in [3.05, 3.63) is 70.0 Å². The van der Waals surface area contributed by atoms with Crippen LogP contribution in [0.1, 0.15) is 56.8 Å². The minimum Gasteiger partial charge on any atom is -0.349 e. The average molecular weight is 491 g/mol. The molecule has 0 saturated heterocycles. The topological polar surface area (TPSA) is 59.8 Å². The lowest BCUT2D eigenvalue weighted by molar-refractivity contribution is -0.121. The molecule has 3 rings (SSSR count). The van der Waals surface area contributed by atoms with E-state index in [1.807, 2.05) is 22.8 Å². The second-order valence-electron chi connectivity index (χ2n) is 7.55. The zero-order chi connectivity index (χ0) is 22.8. The fraction of sp³-hybridized carbons (Fsp3) is 0.375. The SMILES string of the molecule is CCCCCCCC(=O)NCc1nnc(SCc2ccccc2)n1-c1cc(Cl)ccc1Cl. The lowest BCUT2D eigenvalue weighted by atomic mass is 10.1. The number of hydrogen-bond donors (Lipinski definition) is 1. The van der Waals surface area contributed by atoms with Crippen LogP contribution >= 0.6 is 35.0 Å². The minimum atomic E-state index is 0.0201. The predicted octanol–water partition coefficient (Wildman–Crippen LogP) is 6.84. The number of thioether (sulfide) groups is 1. The van der Waals surface area contributed by atoms with Crippen LogP contribution in [0.4, 0.5) is 0 Å². The van der Waals surface area contributed by atoms with Crippen LogP contribution < -0.4 is 5.32 Å². The molecular formula is C24H28Cl2N4OS. The van der Waals surface area contributed by atoms with Gasteiger partial charge in [-0.05, 0) is 30.2 Å². The molecule has 0 unspecified atom stereocenters. The molecule has 2 aromatic carbocycles. The van der Waals surface area contributed by atoms with Gasteiger partial charge >= 0.3 is 0 Å². The third-order valence-corrected chi connectivity index (χ3v) is 6.57. The molecular weight excluding hydrogens is 463 g/mol. The number of amides is 1. The molecule has 0 aliphatic carbocycles. The van der Waals surface area contributed by atoms with E-state index in [2.05, 4.69) is 34.6 Å². The fourth-order valence-electron chi connectivity index (χ4n) is 3.28. The van der Waals surface area contributed by atoms with Crippen molar-refractivity contribution in [1.29, 1.82) is 0 Å². The van der Waals surface area contributed by atoms with Crippen molar-refractivity contribution in [2.45, 2.75) is 62.9 Å². The number of carbonyl (C=O) groups is 1. The number of rotatable bonds is 12. The lowest BCUT2D eigenvalue weighted by Gasteiger charge is -2.13. The molecule has 170 valence electrons. The summed E-state index contributed by atoms with van der Waals surface area (Å²) in [4.78, 5) is 12.3. The third-order valence-electron chi connectivity index (χ3n) is 5.01. The highest BCUT2D eigenvalue weighted by Gasteiger charge is 2.18. The molecule has 1 aromatic heterocycles. The second kappa shape index (κ2) is 12.9. The normalized spacial score (nSPS) is 11.0. The van der Waals surface area contributed by atoms with E-state index < -0.39 is 0 Å². The summed E-state index contributed by atoms with van der Waals surface area (Å²) in [5.41, 5.74) is 1.88. The first kappa shape index (κ1) is 24.6. The van der Waals surface area contributed by atoms with Gasteiger partial charge in [0.2, 0.25) is 5.91 Å². The molecule has 5 nitrogen and oxygen atoms in total. The Balaban J connectivity index is 1.73. The molecule has 0 atom stereocenters. The zero-order valence-electron chi connectivity index (χ0n) is 18.2. The first-order chi connectivity index (χ1) is 15.6. The van der Waals surface area contributed by atoms with Gasteiger partial charge in [0, 0.05) is 17.2 Å². The summed E-state index contributed by atoms with van der Waals surface area (Å²) in [5, 5.41) is 13.5. The zero-order valence-corrected chi connectivity index (χ0v) is 20.5. The van der Waals surface area contributed by atoms with Crippen LogP contribution in [-0.2, 0) is 17.1 Å². The van der Waals surface area contributed by atoms with Crippen LogP contribution in [0.2, 0.25) is 10.0 Å². The van der Waals surface area contributed by atoms with Gasteiger partial charge in [-0.15, -0.1) is 10.2 Å². The summed E-state index contributed by atoms with van der Waals surface area (Å²) in [5.74, 6) is 1.37. The number of hydrogen-bond acceptors (Lipinski definition) is 4. The van der Waals surface area contributed by atoms with Crippen molar-refractivity contribution in [2.24, 2.45) is 0 Å². The van der Waals surface area contributed by atoms with E-state index in [1.54, 1.807) is 30.0 Å². The van der Waals surface area contributed by atoms with E-state index >= 15 is 0 Å². The van der Waals surface area contributed by atoms with Gasteiger partial charge in [-0.3, -0.25) is 9.36 Å². The predicted molar refractivity (Wildman–Crippen MR) is 133 cm³/mol. The fourth-order valence-corrected chi connectivity index (χ4v) is 4.57. The number of aromatic nitrogens is 3. The Kier molecular flexibility index (Phi) is 9.90. The number of nitrogens with zero attached hydrogens (tertiary/aromatic N) is 3. The summed E-state index contributed by atoms with van der Waals surface area (Å²) in [6, 6.07) is 15.4. The van der Waals surface area contributed by atoms with Crippen LogP contribution in [-0.4, -0.2) is 20.7 Å². The molecule has 1 heterocycles. The maximum Gasteiger partial charge on any atom is 0.220 e. The van der Waals surface area contributed by atoms with Crippen molar-refractivity contribution in [2.75, 3.05) is 0 Å². The summed E-state index contributed by atoms with van der Waals surface area (Å²) in [7, 11) is 0. The van der Waals surface area contributed by atoms with Gasteiger partial charge in [-0.1, -0.05) is 97.9 Å². The molecule has 32 heavy (non-hydrogen) atoms. The lowest BCUT2D eigenvalue weighted by Crippen LogP contribution is -2.24. The van der Waals surface area contributed by atoms with Gasteiger partial charge in [0.05, 0.1) is 17.3 Å². The van der Waals surface area contributed by atoms with Gasteiger partial charge in [0.1, 0.15) is 0 Å². The highest BCUT2D eigenvalue weighted by molar-refractivity contribution is 7.98. The van der Waals surface area contributed by atoms with E-state index in [1.165, 1.54) is 24.8 Å². The van der Waals surface area contributed by atoms with Crippen LogP contribution in [0.3, 0.4) is 0 Å². The van der Waals surface area contributed by atoms with Crippen molar-refractivity contribution in [3.63, 3.8) is 0 Å². The van der Waals surface area contributed by atoms with E-state index in [0.29, 0.717) is 33.1 Å². The molecule has 0 radical (unpaired) electrons. The van der Waals surface area contributed by atoms with Crippen LogP contribution in [0.5, 0.6) is 0 Å². The van der Waals surface area contributed by atoms with Crippen LogP contribution in [0.15, 0.2) is 53.7 Å². The highest BCUT2D eigenvalue weighted by atomic mass is 35.5. The van der Waals surface area contributed by atoms with E-state index in [-0.39, 0.29) is 12.5 Å². The van der Waals surface area contributed by atoms with Gasteiger partial charge in [-0.25, -0.2) is 0 Å². The molecule has 0 saturated carbocycles. The largest absolute Gasteiger partial charge is 0.349 e. The highest BCUT2D eigenvalue weighted by Crippen LogP contribution is 2.30. The summed E-state index contributed by atoms with van der Waals surface area (Å²) < 4.78 is 1.88. The molecule has 0 aliphatic heterocycles. The Labute approximate surface area is 203 Å². The van der Waals surface area contributed by atoms with Crippen molar-refractivity contribution in [3.8, 4) is 5.69 Å². The van der Waals surface area contributed by atoms with Crippen molar-refractivity contribution < 1.29 is 4.79 Å². The summed E-state index contributed by atoms with van der Waals surface area (Å²) in [6.45, 7) is 2.46. The second-order valence-corrected chi connectivity index (χ2v) is 9.33. The maximum absolute atomic E-state index is 12.3. The quantitative estimate of drug-likeness (QED) is 0.223. The number of carbonyl (C=O) groups excluding carboxylic acids is 1. The first-order valence-corrected chi connectivity index (χ1v) is 12.7. The molecule has 0 spiro atoms. The van der Waals surface area contributed by atoms with Crippen LogP contribution in [0, 0.1) is 0 Å². The molecule has 0 aliphatic rings. The van der Waals surface area contributed by atoms with Gasteiger partial charge < -0.3 is 5.32 Å². The number of nitrogens with one attached hydrogen (secondary N) is 1. The minimum absolute atomic E-state index is 0.0201. The first-order valence-electron chi connectivity index (χ1n) is 10.9. The Morgan fingerprint density at radius 3 is 2.59 bits per heavy atom. The van der Waals surface area contributed by atoms with Crippen molar-refractivity contribution >= 4 is 40.9 Å². The van der Waals surface area contributed by atoms with Crippen LogP contribution in [0.25, 0.3) is 5.69 Å². The van der Waals surface area contributed by atoms with Gasteiger partial charge in [-0.2, -0.15) is 0 Å². The third kappa shape index (κ3) is 7.26. The molecule has 0 bridgehead atoms. The van der Waals surface area contributed by atoms with E-state index in [9.17, 15) is 4.79 Å². The average Bonchev–Trinajstić information content (AvgIpc) is 3.21. The molecule has 0 fully saturated rings. The Bertz CT molecular complexity index is 1010. The summed E-state index contributed by atoms with van der Waals surface area (Å²) in [6.07, 6.45) is 6.08. The van der Waals surface area contributed by atoms with Gasteiger partial charge in [0.15, 0.2) is 11.0 Å². The monoisotopic (exact) mass is 490 g/mol. The Morgan fingerprint density at radius 1 is 1.03 bits per heavy atom. The molecule has 8 heteroatoms. The Hall–Kier alpha value is -2.02. The Morgan fingerprint density at radius 2 is 1.81 bits per heavy atom. The molecule has 3 aromatic rings. The number of unbranched alkanes of at least 4 members (excludes halogenated alkanes) is 4. The van der Waals surface area contributed by atoms with E-state index in [4.69, 9.17) is 23.2 Å². The summed E-state index contributed by atoms with van der Waals surface area (Å²) >= 11 is 14.3. The number of benzene rings is 2. The molecule has 1 N–H and O–H groups in total.